The van der Waals surface area contributed by atoms with Gasteiger partial charge in [-0.15, -0.1) is 11.3 Å². The van der Waals surface area contributed by atoms with Crippen LogP contribution in [0.5, 0.6) is 0 Å². The molecule has 2 N–H and O–H groups in total. The number of carbonyl (C=O) groups excluding carboxylic acids is 2. The SMILES string of the molecule is O=C(CNC(=O)c1ccc([N+](=O)[O-])cc1)N/N=C/c1cccs1. The number of amides is 2. The lowest BCUT2D eigenvalue weighted by Crippen LogP contribution is -2.34. The number of carbonyl (C=O) groups is 2. The van der Waals surface area contributed by atoms with Crippen LogP contribution in [0.1, 0.15) is 15.2 Å². The van der Waals surface area contributed by atoms with Gasteiger partial charge >= 0.3 is 0 Å². The maximum Gasteiger partial charge on any atom is 0.269 e. The van der Waals surface area contributed by atoms with E-state index in [1.807, 2.05) is 17.5 Å². The molecule has 8 nitrogen and oxygen atoms in total. The molecule has 0 bridgehead atoms. The maximum absolute atomic E-state index is 11.8. The predicted octanol–water partition coefficient (Wildman–Crippen LogP) is 1.54. The first-order valence-electron chi connectivity index (χ1n) is 6.44. The Morgan fingerprint density at radius 3 is 2.61 bits per heavy atom. The Hall–Kier alpha value is -3.07. The molecule has 118 valence electrons. The van der Waals surface area contributed by atoms with Crippen molar-refractivity contribution in [2.24, 2.45) is 5.10 Å². The third kappa shape index (κ3) is 5.00. The summed E-state index contributed by atoms with van der Waals surface area (Å²) in [6, 6.07) is 8.79. The zero-order chi connectivity index (χ0) is 16.7. The van der Waals surface area contributed by atoms with E-state index in [4.69, 9.17) is 0 Å². The van der Waals surface area contributed by atoms with Crippen molar-refractivity contribution < 1.29 is 14.5 Å². The second-order valence-electron chi connectivity index (χ2n) is 4.30. The molecule has 2 amide bonds. The van der Waals surface area contributed by atoms with Crippen LogP contribution in [0.4, 0.5) is 5.69 Å². The lowest BCUT2D eigenvalue weighted by molar-refractivity contribution is -0.384. The Bertz CT molecular complexity index is 726. The van der Waals surface area contributed by atoms with Gasteiger partial charge in [0.2, 0.25) is 0 Å². The van der Waals surface area contributed by atoms with Crippen LogP contribution in [0, 0.1) is 10.1 Å². The Balaban J connectivity index is 1.79. The van der Waals surface area contributed by atoms with Crippen LogP contribution in [-0.2, 0) is 4.79 Å². The Kier molecular flexibility index (Phi) is 5.53. The quantitative estimate of drug-likeness (QED) is 0.474. The number of hydrazone groups is 1. The van der Waals surface area contributed by atoms with E-state index in [1.54, 1.807) is 0 Å². The van der Waals surface area contributed by atoms with Crippen molar-refractivity contribution in [3.63, 3.8) is 0 Å². The number of nitrogens with one attached hydrogen (secondary N) is 2. The molecule has 1 heterocycles. The molecule has 0 aliphatic heterocycles. The van der Waals surface area contributed by atoms with Gasteiger partial charge in [-0.05, 0) is 23.6 Å². The highest BCUT2D eigenvalue weighted by Gasteiger charge is 2.10. The number of benzene rings is 1. The van der Waals surface area contributed by atoms with Crippen molar-refractivity contribution in [3.8, 4) is 0 Å². The maximum atomic E-state index is 11.8. The molecule has 0 spiro atoms. The van der Waals surface area contributed by atoms with E-state index in [1.165, 1.54) is 41.8 Å². The number of rotatable bonds is 6. The largest absolute Gasteiger partial charge is 0.343 e. The highest BCUT2D eigenvalue weighted by molar-refractivity contribution is 7.11. The third-order valence-electron chi connectivity index (χ3n) is 2.67. The lowest BCUT2D eigenvalue weighted by Gasteiger charge is -2.04. The van der Waals surface area contributed by atoms with Gasteiger partial charge in [-0.1, -0.05) is 6.07 Å². The van der Waals surface area contributed by atoms with Crippen molar-refractivity contribution in [1.29, 1.82) is 0 Å². The summed E-state index contributed by atoms with van der Waals surface area (Å²) in [7, 11) is 0. The molecule has 0 saturated carbocycles. The predicted molar refractivity (Wildman–Crippen MR) is 85.5 cm³/mol. The van der Waals surface area contributed by atoms with Crippen LogP contribution in [0.25, 0.3) is 0 Å². The van der Waals surface area contributed by atoms with Crippen molar-refractivity contribution in [2.75, 3.05) is 6.54 Å². The van der Waals surface area contributed by atoms with Crippen LogP contribution in [0.15, 0.2) is 46.9 Å². The van der Waals surface area contributed by atoms with Crippen molar-refractivity contribution in [1.82, 2.24) is 10.7 Å². The molecule has 9 heteroatoms. The molecule has 1 aromatic heterocycles. The average Bonchev–Trinajstić information content (AvgIpc) is 3.06. The number of hydrogen-bond donors (Lipinski definition) is 2. The van der Waals surface area contributed by atoms with Gasteiger partial charge < -0.3 is 5.32 Å². The molecule has 2 aromatic rings. The molecular weight excluding hydrogens is 320 g/mol. The standard InChI is InChI=1S/C14H12N4O4S/c19-13(17-16-8-12-2-1-7-23-12)9-15-14(20)10-3-5-11(6-4-10)18(21)22/h1-8H,9H2,(H,15,20)(H,17,19)/b16-8+. The monoisotopic (exact) mass is 332 g/mol. The summed E-state index contributed by atoms with van der Waals surface area (Å²) in [5.74, 6) is -0.981. The van der Waals surface area contributed by atoms with Gasteiger partial charge in [0.05, 0.1) is 17.7 Å². The fraction of sp³-hybridized carbons (Fsp3) is 0.0714. The van der Waals surface area contributed by atoms with E-state index in [2.05, 4.69) is 15.8 Å². The van der Waals surface area contributed by atoms with Crippen molar-refractivity contribution >= 4 is 35.1 Å². The molecule has 0 saturated heterocycles. The minimum Gasteiger partial charge on any atom is -0.343 e. The third-order valence-corrected chi connectivity index (χ3v) is 3.48. The fourth-order valence-electron chi connectivity index (χ4n) is 1.57. The molecule has 0 unspecified atom stereocenters. The topological polar surface area (TPSA) is 114 Å². The van der Waals surface area contributed by atoms with E-state index in [9.17, 15) is 19.7 Å². The van der Waals surface area contributed by atoms with Crippen LogP contribution in [0.2, 0.25) is 0 Å². The van der Waals surface area contributed by atoms with Crippen LogP contribution in [-0.4, -0.2) is 29.5 Å². The normalized spacial score (nSPS) is 10.4. The van der Waals surface area contributed by atoms with Gasteiger partial charge in [0, 0.05) is 22.6 Å². The van der Waals surface area contributed by atoms with E-state index >= 15 is 0 Å². The Morgan fingerprint density at radius 1 is 1.26 bits per heavy atom. The average molecular weight is 332 g/mol. The first-order valence-corrected chi connectivity index (χ1v) is 7.32. The molecule has 0 aliphatic rings. The molecule has 0 aliphatic carbocycles. The fourth-order valence-corrected chi connectivity index (χ4v) is 2.15. The van der Waals surface area contributed by atoms with Crippen LogP contribution >= 0.6 is 11.3 Å². The van der Waals surface area contributed by atoms with Gasteiger partial charge in [0.1, 0.15) is 0 Å². The molecular formula is C14H12N4O4S. The Labute approximate surface area is 135 Å². The molecule has 1 aromatic carbocycles. The lowest BCUT2D eigenvalue weighted by atomic mass is 10.2. The number of nitro groups is 1. The van der Waals surface area contributed by atoms with Gasteiger partial charge in [-0.3, -0.25) is 19.7 Å². The summed E-state index contributed by atoms with van der Waals surface area (Å²) in [4.78, 5) is 34.2. The second-order valence-corrected chi connectivity index (χ2v) is 5.27. The summed E-state index contributed by atoms with van der Waals surface area (Å²) in [6.45, 7) is -0.252. The zero-order valence-corrected chi connectivity index (χ0v) is 12.6. The van der Waals surface area contributed by atoms with E-state index in [-0.39, 0.29) is 17.8 Å². The van der Waals surface area contributed by atoms with Gasteiger partial charge in [0.25, 0.3) is 17.5 Å². The van der Waals surface area contributed by atoms with Crippen LogP contribution < -0.4 is 10.7 Å². The summed E-state index contributed by atoms with van der Waals surface area (Å²) in [5.41, 5.74) is 2.40. The number of nitrogens with zero attached hydrogens (tertiary/aromatic N) is 2. The second kappa shape index (κ2) is 7.80. The number of non-ortho nitro benzene ring substituents is 1. The van der Waals surface area contributed by atoms with Gasteiger partial charge in [-0.2, -0.15) is 5.10 Å². The Morgan fingerprint density at radius 2 is 2.00 bits per heavy atom. The van der Waals surface area contributed by atoms with E-state index in [0.717, 1.165) is 4.88 Å². The number of thiophene rings is 1. The minimum absolute atomic E-state index is 0.109. The molecule has 0 fully saturated rings. The first kappa shape index (κ1) is 16.3. The highest BCUT2D eigenvalue weighted by atomic mass is 32.1. The number of hydrogen-bond acceptors (Lipinski definition) is 6. The molecule has 23 heavy (non-hydrogen) atoms. The molecule has 0 atom stereocenters. The highest BCUT2D eigenvalue weighted by Crippen LogP contribution is 2.11. The van der Waals surface area contributed by atoms with E-state index in [0.29, 0.717) is 0 Å². The van der Waals surface area contributed by atoms with Crippen molar-refractivity contribution in [3.05, 3.63) is 62.3 Å². The van der Waals surface area contributed by atoms with Gasteiger partial charge in [0.15, 0.2) is 0 Å². The summed E-state index contributed by atoms with van der Waals surface area (Å²) in [6.07, 6.45) is 1.50. The van der Waals surface area contributed by atoms with Crippen molar-refractivity contribution in [2.45, 2.75) is 0 Å². The minimum atomic E-state index is -0.555. The molecule has 0 radical (unpaired) electrons. The van der Waals surface area contributed by atoms with E-state index < -0.39 is 16.7 Å². The smallest absolute Gasteiger partial charge is 0.269 e. The number of nitro benzene ring substituents is 1. The first-order chi connectivity index (χ1) is 11.1. The summed E-state index contributed by atoms with van der Waals surface area (Å²) in [5, 5.41) is 18.6. The summed E-state index contributed by atoms with van der Waals surface area (Å²) < 4.78 is 0. The van der Waals surface area contributed by atoms with Gasteiger partial charge in [-0.25, -0.2) is 5.43 Å². The zero-order valence-electron chi connectivity index (χ0n) is 11.8. The molecule has 2 rings (SSSR count). The van der Waals surface area contributed by atoms with Crippen LogP contribution in [0.3, 0.4) is 0 Å². The summed E-state index contributed by atoms with van der Waals surface area (Å²) >= 11 is 1.47.